The van der Waals surface area contributed by atoms with Crippen molar-refractivity contribution in [3.05, 3.63) is 65.5 Å². The molecule has 3 rings (SSSR count). The largest absolute Gasteiger partial charge is 0.508 e. The number of amides is 1. The maximum Gasteiger partial charge on any atom is 0.322 e. The number of rotatable bonds is 9. The highest BCUT2D eigenvalue weighted by atomic mass is 16.4. The van der Waals surface area contributed by atoms with E-state index < -0.39 is 163 Å². The second-order valence-electron chi connectivity index (χ2n) is 5.44. The van der Waals surface area contributed by atoms with E-state index in [0.717, 1.165) is 0 Å². The number of carbonyl (C=O) groups excluding carboxylic acids is 1. The zero-order valence-corrected chi connectivity index (χ0v) is 15.0. The summed E-state index contributed by atoms with van der Waals surface area (Å²) in [7, 11) is 0. The van der Waals surface area contributed by atoms with Crippen LogP contribution in [0.3, 0.4) is 0 Å². The summed E-state index contributed by atoms with van der Waals surface area (Å²) in [5, 5.41) is 6.05. The monoisotopic (exact) mass is 456 g/mol. The van der Waals surface area contributed by atoms with Crippen LogP contribution in [-0.4, -0.2) is 54.4 Å². The minimum Gasteiger partial charge on any atom is -0.508 e. The Morgan fingerprint density at radius 2 is 2.35 bits per heavy atom. The molecule has 2 aromatic carbocycles. The lowest BCUT2D eigenvalue weighted by Crippen LogP contribution is -2.50. The molecule has 6 nitrogen and oxygen atoms in total. The Hall–Kier alpha value is -2.86. The molecule has 0 spiro atoms. The number of carbonyl (C=O) groups is 2. The molecule has 6 heteroatoms. The third-order valence-electron chi connectivity index (χ3n) is 3.37. The highest BCUT2D eigenvalue weighted by molar-refractivity contribution is 5.83. The maximum atomic E-state index is 14.5. The molecule has 1 saturated heterocycles. The van der Waals surface area contributed by atoms with Crippen molar-refractivity contribution in [1.29, 1.82) is 2.86 Å². The molecule has 3 N–H and O–H groups in total. The number of hydrogen-bond acceptors (Lipinski definition) is 5. The van der Waals surface area contributed by atoms with E-state index >= 15 is 0 Å². The highest BCUT2D eigenvalue weighted by Gasteiger charge is 2.39. The van der Waals surface area contributed by atoms with Gasteiger partial charge in [0.25, 0.3) is 2.86 Å². The lowest BCUT2D eigenvalue weighted by atomic mass is 9.68. The molecule has 0 bridgehead atoms. The molecule has 0 unspecified atom stereocenters. The first-order valence-electron chi connectivity index (χ1n) is 23.7. The Kier molecular flexibility index (Phi) is 1.73. The van der Waals surface area contributed by atoms with Gasteiger partial charge in [-0.05, 0) is 53.8 Å². The number of carboxylic acid groups (broad SMARTS) is 1. The van der Waals surface area contributed by atoms with Gasteiger partial charge >= 0.3 is 5.97 Å². The number of aromatic hydroxyl groups is 1. The molecule has 1 aliphatic heterocycles. The lowest BCUT2D eigenvalue weighted by Gasteiger charge is -2.45. The van der Waals surface area contributed by atoms with E-state index in [9.17, 15) is 20.6 Å². The predicted molar refractivity (Wildman–Crippen MR) is 120 cm³/mol. The Balaban J connectivity index is 2.89. The summed E-state index contributed by atoms with van der Waals surface area (Å²) in [6.07, 6.45) is -10.1. The Labute approximate surface area is 229 Å². The van der Waals surface area contributed by atoms with E-state index in [-0.39, 0.29) is 0 Å². The van der Waals surface area contributed by atoms with E-state index in [1.54, 1.807) is 0 Å². The van der Waals surface area contributed by atoms with Crippen molar-refractivity contribution in [2.24, 2.45) is 11.8 Å². The van der Waals surface area contributed by atoms with Gasteiger partial charge in [-0.25, -0.2) is 0 Å². The zero-order chi connectivity index (χ0) is 50.2. The van der Waals surface area contributed by atoms with Crippen LogP contribution < -0.4 is 5.31 Å². The smallest absolute Gasteiger partial charge is 0.322 e. The van der Waals surface area contributed by atoms with Gasteiger partial charge in [-0.1, -0.05) is 56.0 Å². The van der Waals surface area contributed by atoms with Crippen LogP contribution in [0.5, 0.6) is 5.75 Å². The molecule has 1 heterocycles. The Bertz CT molecular complexity index is 2190. The van der Waals surface area contributed by atoms with Crippen LogP contribution >= 0.6 is 0 Å². The van der Waals surface area contributed by atoms with Crippen LogP contribution in [-0.2, 0) is 21.4 Å². The first-order chi connectivity index (χ1) is 27.8. The minimum atomic E-state index is -5.50. The van der Waals surface area contributed by atoms with Gasteiger partial charge in [0.05, 0.1) is 21.0 Å². The first-order valence-corrected chi connectivity index (χ1v) is 7.93. The lowest BCUT2D eigenvalue weighted by molar-refractivity contribution is -0.138. The number of carboxylic acids is 1. The van der Waals surface area contributed by atoms with Crippen molar-refractivity contribution in [3.63, 3.8) is 0 Å². The van der Waals surface area contributed by atoms with Crippen molar-refractivity contribution >= 4 is 11.9 Å². The maximum absolute atomic E-state index is 14.5. The summed E-state index contributed by atoms with van der Waals surface area (Å²) in [6, 6.07) is -14.7. The van der Waals surface area contributed by atoms with Crippen LogP contribution in [0.25, 0.3) is 1.43 Å². The van der Waals surface area contributed by atoms with Crippen molar-refractivity contribution in [3.8, 4) is 5.75 Å². The van der Waals surface area contributed by atoms with Crippen LogP contribution in [0.2, 0.25) is 1.41 Å². The number of aliphatic carboxylic acids is 1. The summed E-state index contributed by atoms with van der Waals surface area (Å²) < 4.78 is 273. The molecule has 1 fully saturated rings. The Morgan fingerprint density at radius 3 is 3.10 bits per heavy atom. The summed E-state index contributed by atoms with van der Waals surface area (Å²) >= 11 is 0. The van der Waals surface area contributed by atoms with Crippen LogP contribution in [0.15, 0.2) is 54.4 Å². The SMILES string of the molecule is [2H]OC(=O)C([2H])([2H])N([2H])C(=O)[C@@]([2H])(C([2H])([2H])c1c([2H])c([2H])c([2H])c([2H])c1[2H])C([2H])([2H])N1C([2H])([2H])C([2H])([2H])[C@](c2c([2H])c([2H])c([2H])c(O[2H])c2[2H])(C([2H])([2H])[2H])[C@@]([2H])(C([2H])([2H])[2H])C1([2H])[2H]. The fourth-order valence-electron chi connectivity index (χ4n) is 2.01. The standard InChI is InChI=1S/C25H32N2O4/c1-18-16-27(12-11-25(18,2)21-9-6-10-22(28)14-21)17-20(24(31)26-15-23(29)30)13-19-7-4-3-5-8-19/h3-10,14,18,20,28H,11-13,15-17H2,1-2H3,(H,26,31)(H,29,30)/t18-,20-,25+/m0/s1/i1D3,2D3,3D,4D,5D,6D,7D,8D,9D,10D,11D2,12D2,13D2,14D,15D2,16D2,17D2,18D,20D/hD3. The van der Waals surface area contributed by atoms with Gasteiger partial charge < -0.3 is 20.4 Å². The summed E-state index contributed by atoms with van der Waals surface area (Å²) in [5.41, 5.74) is -9.17. The van der Waals surface area contributed by atoms with Crippen LogP contribution in [0.4, 0.5) is 0 Å². The van der Waals surface area contributed by atoms with E-state index in [0.29, 0.717) is 0 Å². The molecule has 166 valence electrons. The average Bonchev–Trinajstić information content (AvgIpc) is 3.13. The molecule has 1 amide bonds. The normalized spacial score (nSPS) is 47.7. The van der Waals surface area contributed by atoms with Gasteiger partial charge in [0.1, 0.15) is 12.2 Å². The topological polar surface area (TPSA) is 89.9 Å². The van der Waals surface area contributed by atoms with Gasteiger partial charge in [-0.3, -0.25) is 9.59 Å². The number of phenols is 1. The molecule has 1 aliphatic rings. The third kappa shape index (κ3) is 5.85. The quantitative estimate of drug-likeness (QED) is 0.540. The van der Waals surface area contributed by atoms with Gasteiger partial charge in [0.15, 0.2) is 1.41 Å². The molecular weight excluding hydrogens is 392 g/mol. The number of phenolic OH excluding ortho intramolecular Hbond substituents is 1. The summed E-state index contributed by atoms with van der Waals surface area (Å²) in [4.78, 5) is 25.2. The molecule has 0 aliphatic carbocycles. The van der Waals surface area contributed by atoms with Crippen molar-refractivity contribution < 1.29 is 61.0 Å². The number of nitrogens with zero attached hydrogens (tertiary/aromatic N) is 1. The second-order valence-corrected chi connectivity index (χ2v) is 5.44. The number of hydrogen-bond donors (Lipinski definition) is 3. The minimum absolute atomic E-state index is 1.32. The van der Waals surface area contributed by atoms with E-state index in [4.69, 9.17) is 33.1 Å². The number of piperidine rings is 1. The highest BCUT2D eigenvalue weighted by Crippen LogP contribution is 2.40. The van der Waals surface area contributed by atoms with Gasteiger partial charge in [0, 0.05) is 37.7 Å². The number of likely N-dealkylation sites (tertiary alicyclic amines) is 1. The van der Waals surface area contributed by atoms with Crippen LogP contribution in [0.1, 0.15) is 71.0 Å². The fourth-order valence-corrected chi connectivity index (χ4v) is 2.01. The number of benzene rings is 2. The summed E-state index contributed by atoms with van der Waals surface area (Å²) in [6.45, 7) is -30.3. The molecule has 2 aromatic rings. The van der Waals surface area contributed by atoms with Gasteiger partial charge in [-0.15, -0.1) is 0 Å². The van der Waals surface area contributed by atoms with Crippen molar-refractivity contribution in [2.45, 2.75) is 31.9 Å². The van der Waals surface area contributed by atoms with Crippen molar-refractivity contribution in [1.82, 2.24) is 10.2 Å². The fraction of sp³-hybridized carbons (Fsp3) is 0.440. The molecule has 0 saturated carbocycles. The molecule has 0 radical (unpaired) electrons. The predicted octanol–water partition coefficient (Wildman–Crippen LogP) is 3.05. The van der Waals surface area contributed by atoms with Gasteiger partial charge in [0.2, 0.25) is 5.91 Å². The number of nitrogens with one attached hydrogen (secondary N) is 1. The summed E-state index contributed by atoms with van der Waals surface area (Å²) in [5.74, 6) is -18.1. The van der Waals surface area contributed by atoms with E-state index in [1.165, 1.54) is 0 Å². The first kappa shape index (κ1) is 5.37. The molecule has 3 atom stereocenters. The molecule has 31 heavy (non-hydrogen) atoms. The molecule has 0 aromatic heterocycles. The van der Waals surface area contributed by atoms with Gasteiger partial charge in [-0.2, -0.15) is 0 Å². The van der Waals surface area contributed by atoms with Crippen molar-refractivity contribution in [2.75, 3.05) is 26.0 Å². The second kappa shape index (κ2) is 9.96. The van der Waals surface area contributed by atoms with E-state index in [1.807, 2.05) is 0 Å². The van der Waals surface area contributed by atoms with Crippen LogP contribution in [0, 0.1) is 11.8 Å². The van der Waals surface area contributed by atoms with E-state index in [2.05, 4.69) is 10.2 Å². The third-order valence-corrected chi connectivity index (χ3v) is 3.37. The zero-order valence-electron chi connectivity index (χ0n) is 47.0. The Morgan fingerprint density at radius 1 is 1.48 bits per heavy atom. The average molecular weight is 457 g/mol. The molecular formula is C25H32N2O4.